The van der Waals surface area contributed by atoms with Gasteiger partial charge < -0.3 is 9.84 Å². The number of hydrogen-bond acceptors (Lipinski definition) is 3. The van der Waals surface area contributed by atoms with Gasteiger partial charge in [0.2, 0.25) is 5.82 Å². The summed E-state index contributed by atoms with van der Waals surface area (Å²) in [5.74, 6) is 1.21. The Bertz CT molecular complexity index is 725. The predicted molar refractivity (Wildman–Crippen MR) is 85.2 cm³/mol. The number of nitrogens with two attached hydrogens (primary N) is 1. The maximum Gasteiger partial charge on any atom is 0.282 e. The average molecular weight is 315 g/mol. The van der Waals surface area contributed by atoms with Crippen molar-refractivity contribution in [3.05, 3.63) is 71.1 Å². The van der Waals surface area contributed by atoms with E-state index in [1.807, 2.05) is 42.5 Å². The van der Waals surface area contributed by atoms with Gasteiger partial charge in [0, 0.05) is 16.1 Å². The second kappa shape index (κ2) is 6.73. The van der Waals surface area contributed by atoms with Gasteiger partial charge in [0.15, 0.2) is 6.54 Å². The third-order valence-corrected chi connectivity index (χ3v) is 3.79. The summed E-state index contributed by atoms with van der Waals surface area (Å²) in [6.45, 7) is 2.81. The topological polar surface area (TPSA) is 55.5 Å². The monoisotopic (exact) mass is 314 g/mol. The fraction of sp³-hybridized carbons (Fsp3) is 0.176. The molecule has 3 aromatic rings. The molecule has 0 saturated heterocycles. The molecule has 112 valence electrons. The molecule has 1 aromatic heterocycles. The minimum absolute atomic E-state index is 0.340. The fourth-order valence-corrected chi connectivity index (χ4v) is 2.35. The van der Waals surface area contributed by atoms with Crippen LogP contribution in [0.3, 0.4) is 0 Å². The van der Waals surface area contributed by atoms with Crippen molar-refractivity contribution < 1.29 is 9.84 Å². The smallest absolute Gasteiger partial charge is 0.282 e. The largest absolute Gasteiger partial charge is 0.333 e. The number of hydrogen-bond donors (Lipinski definition) is 1. The van der Waals surface area contributed by atoms with Crippen molar-refractivity contribution in [1.82, 2.24) is 10.1 Å². The van der Waals surface area contributed by atoms with Gasteiger partial charge >= 0.3 is 0 Å². The van der Waals surface area contributed by atoms with E-state index >= 15 is 0 Å². The molecule has 22 heavy (non-hydrogen) atoms. The van der Waals surface area contributed by atoms with Gasteiger partial charge in [-0.2, -0.15) is 4.98 Å². The van der Waals surface area contributed by atoms with Gasteiger partial charge in [-0.3, -0.25) is 0 Å². The van der Waals surface area contributed by atoms with Gasteiger partial charge in [0.25, 0.3) is 5.89 Å². The molecule has 0 spiro atoms. The van der Waals surface area contributed by atoms with Crippen LogP contribution in [0.25, 0.3) is 11.4 Å². The molecule has 0 amide bonds. The highest BCUT2D eigenvalue weighted by atomic mass is 35.5. The third-order valence-electron chi connectivity index (χ3n) is 3.54. The Morgan fingerprint density at radius 3 is 2.55 bits per heavy atom. The maximum atomic E-state index is 5.88. The molecule has 0 unspecified atom stereocenters. The molecule has 4 nitrogen and oxygen atoms in total. The van der Waals surface area contributed by atoms with E-state index < -0.39 is 0 Å². The summed E-state index contributed by atoms with van der Waals surface area (Å²) in [5.41, 5.74) is 2.18. The van der Waals surface area contributed by atoms with Crippen molar-refractivity contribution in [2.45, 2.75) is 19.5 Å². The van der Waals surface area contributed by atoms with Crippen LogP contribution in [0, 0.1) is 0 Å². The molecule has 2 N–H and O–H groups in total. The molecule has 0 saturated carbocycles. The molecule has 2 aromatic carbocycles. The van der Waals surface area contributed by atoms with Gasteiger partial charge in [-0.1, -0.05) is 47.1 Å². The second-order valence-electron chi connectivity index (χ2n) is 5.16. The molecule has 0 radical (unpaired) electrons. The van der Waals surface area contributed by atoms with E-state index in [2.05, 4.69) is 34.5 Å². The van der Waals surface area contributed by atoms with Gasteiger partial charge in [0.1, 0.15) is 6.04 Å². The van der Waals surface area contributed by atoms with Crippen LogP contribution in [0.2, 0.25) is 5.02 Å². The lowest BCUT2D eigenvalue weighted by atomic mass is 10.1. The zero-order valence-electron chi connectivity index (χ0n) is 12.2. The van der Waals surface area contributed by atoms with Crippen molar-refractivity contribution in [3.63, 3.8) is 0 Å². The number of benzene rings is 2. The van der Waals surface area contributed by atoms with Crippen LogP contribution in [-0.4, -0.2) is 10.1 Å². The Balaban J connectivity index is 1.63. The Morgan fingerprint density at radius 1 is 1.09 bits per heavy atom. The minimum Gasteiger partial charge on any atom is -0.333 e. The molecule has 5 heteroatoms. The Kier molecular flexibility index (Phi) is 4.51. The van der Waals surface area contributed by atoms with Gasteiger partial charge in [-0.25, -0.2) is 0 Å². The van der Waals surface area contributed by atoms with Crippen LogP contribution < -0.4 is 5.32 Å². The molecule has 1 atom stereocenters. The molecule has 0 bridgehead atoms. The lowest BCUT2D eigenvalue weighted by molar-refractivity contribution is -0.710. The van der Waals surface area contributed by atoms with Crippen molar-refractivity contribution >= 4 is 11.6 Å². The summed E-state index contributed by atoms with van der Waals surface area (Å²) in [6.07, 6.45) is 0. The van der Waals surface area contributed by atoms with Crippen LogP contribution in [-0.2, 0) is 6.54 Å². The first-order chi connectivity index (χ1) is 10.7. The van der Waals surface area contributed by atoms with E-state index in [-0.39, 0.29) is 0 Å². The van der Waals surface area contributed by atoms with E-state index in [0.717, 1.165) is 5.56 Å². The standard InChI is InChI=1S/C17H16ClN3O/c1-12(13-5-3-2-4-6-13)19-11-16-20-17(21-22-16)14-7-9-15(18)10-8-14/h2-10,12,19H,11H2,1H3/p+1/t12-/m0/s1. The first-order valence-electron chi connectivity index (χ1n) is 7.19. The Labute approximate surface area is 134 Å². The van der Waals surface area contributed by atoms with E-state index in [0.29, 0.717) is 29.3 Å². The summed E-state index contributed by atoms with van der Waals surface area (Å²) in [4.78, 5) is 4.42. The number of nitrogens with zero attached hydrogens (tertiary/aromatic N) is 2. The summed E-state index contributed by atoms with van der Waals surface area (Å²) >= 11 is 5.88. The molecule has 0 aliphatic rings. The minimum atomic E-state index is 0.340. The van der Waals surface area contributed by atoms with Crippen LogP contribution in [0.5, 0.6) is 0 Å². The molecule has 3 rings (SSSR count). The van der Waals surface area contributed by atoms with Gasteiger partial charge in [-0.05, 0) is 31.2 Å². The first kappa shape index (κ1) is 14.8. The zero-order chi connectivity index (χ0) is 15.4. The Morgan fingerprint density at radius 2 is 1.82 bits per heavy atom. The summed E-state index contributed by atoms with van der Waals surface area (Å²) in [5, 5.41) is 6.88. The molecule has 0 aliphatic carbocycles. The highest BCUT2D eigenvalue weighted by Crippen LogP contribution is 2.18. The van der Waals surface area contributed by atoms with Crippen LogP contribution >= 0.6 is 11.6 Å². The zero-order valence-corrected chi connectivity index (χ0v) is 13.0. The van der Waals surface area contributed by atoms with Crippen LogP contribution in [0.1, 0.15) is 24.4 Å². The number of halogens is 1. The second-order valence-corrected chi connectivity index (χ2v) is 5.59. The Hall–Kier alpha value is -2.17. The highest BCUT2D eigenvalue weighted by Gasteiger charge is 2.13. The highest BCUT2D eigenvalue weighted by molar-refractivity contribution is 6.30. The van der Waals surface area contributed by atoms with Crippen molar-refractivity contribution in [1.29, 1.82) is 0 Å². The molecule has 0 fully saturated rings. The molecule has 1 heterocycles. The lowest BCUT2D eigenvalue weighted by Crippen LogP contribution is -2.83. The normalized spacial score (nSPS) is 12.3. The van der Waals surface area contributed by atoms with Crippen molar-refractivity contribution in [3.8, 4) is 11.4 Å². The average Bonchev–Trinajstić information content (AvgIpc) is 3.03. The van der Waals surface area contributed by atoms with Crippen molar-refractivity contribution in [2.75, 3.05) is 0 Å². The fourth-order valence-electron chi connectivity index (χ4n) is 2.22. The van der Waals surface area contributed by atoms with Gasteiger partial charge in [0.05, 0.1) is 0 Å². The number of aromatic nitrogens is 2. The summed E-state index contributed by atoms with van der Waals surface area (Å²) in [6, 6.07) is 18.1. The summed E-state index contributed by atoms with van der Waals surface area (Å²) in [7, 11) is 0. The quantitative estimate of drug-likeness (QED) is 0.786. The lowest BCUT2D eigenvalue weighted by Gasteiger charge is -2.08. The third kappa shape index (κ3) is 3.53. The predicted octanol–water partition coefficient (Wildman–Crippen LogP) is 3.21. The van der Waals surface area contributed by atoms with Crippen molar-refractivity contribution in [2.24, 2.45) is 0 Å². The molecule has 0 aliphatic heterocycles. The number of quaternary nitrogens is 1. The summed E-state index contributed by atoms with van der Waals surface area (Å²) < 4.78 is 5.31. The van der Waals surface area contributed by atoms with E-state index in [1.54, 1.807) is 0 Å². The van der Waals surface area contributed by atoms with Gasteiger partial charge in [-0.15, -0.1) is 0 Å². The number of rotatable bonds is 5. The van der Waals surface area contributed by atoms with E-state index in [4.69, 9.17) is 16.1 Å². The molecular weight excluding hydrogens is 298 g/mol. The maximum absolute atomic E-state index is 5.88. The van der Waals surface area contributed by atoms with E-state index in [1.165, 1.54) is 5.56 Å². The SMILES string of the molecule is C[C@H]([NH2+]Cc1nc(-c2ccc(Cl)cc2)no1)c1ccccc1. The van der Waals surface area contributed by atoms with Crippen LogP contribution in [0.15, 0.2) is 59.1 Å². The van der Waals surface area contributed by atoms with E-state index in [9.17, 15) is 0 Å². The van der Waals surface area contributed by atoms with Crippen LogP contribution in [0.4, 0.5) is 0 Å². The molecular formula is C17H17ClN3O+. The first-order valence-corrected chi connectivity index (χ1v) is 7.57.